The van der Waals surface area contributed by atoms with Crippen LogP contribution in [0.25, 0.3) is 0 Å². The summed E-state index contributed by atoms with van der Waals surface area (Å²) in [7, 11) is 0. The molecule has 20 heavy (non-hydrogen) atoms. The highest BCUT2D eigenvalue weighted by molar-refractivity contribution is 14.1. The van der Waals surface area contributed by atoms with Gasteiger partial charge in [0.15, 0.2) is 0 Å². The lowest BCUT2D eigenvalue weighted by Gasteiger charge is -2.08. The third kappa shape index (κ3) is 3.15. The SMILES string of the molecule is O=C(Nc1ccccc1I)c1cccc([N+](=O)[O-])c1Br. The van der Waals surface area contributed by atoms with E-state index in [1.807, 2.05) is 12.1 Å². The van der Waals surface area contributed by atoms with Crippen molar-refractivity contribution in [2.75, 3.05) is 5.32 Å². The van der Waals surface area contributed by atoms with E-state index in [1.165, 1.54) is 18.2 Å². The van der Waals surface area contributed by atoms with Crippen molar-refractivity contribution in [3.63, 3.8) is 0 Å². The molecule has 0 spiro atoms. The van der Waals surface area contributed by atoms with Crippen LogP contribution in [0.3, 0.4) is 0 Å². The molecule has 0 fully saturated rings. The van der Waals surface area contributed by atoms with E-state index >= 15 is 0 Å². The molecule has 102 valence electrons. The lowest BCUT2D eigenvalue weighted by Crippen LogP contribution is -2.13. The monoisotopic (exact) mass is 446 g/mol. The number of carbonyl (C=O) groups is 1. The van der Waals surface area contributed by atoms with Crippen molar-refractivity contribution in [2.45, 2.75) is 0 Å². The first-order valence-electron chi connectivity index (χ1n) is 5.49. The Morgan fingerprint density at radius 2 is 1.90 bits per heavy atom. The molecule has 0 aliphatic rings. The minimum atomic E-state index is -0.535. The number of carbonyl (C=O) groups excluding carboxylic acids is 1. The van der Waals surface area contributed by atoms with Crippen LogP contribution in [0, 0.1) is 13.7 Å². The number of anilines is 1. The Labute approximate surface area is 136 Å². The van der Waals surface area contributed by atoms with Crippen molar-refractivity contribution in [2.24, 2.45) is 0 Å². The highest BCUT2D eigenvalue weighted by Crippen LogP contribution is 2.29. The van der Waals surface area contributed by atoms with Crippen molar-refractivity contribution in [1.82, 2.24) is 0 Å². The molecule has 0 saturated heterocycles. The lowest BCUT2D eigenvalue weighted by molar-refractivity contribution is -0.385. The summed E-state index contributed by atoms with van der Waals surface area (Å²) in [6, 6.07) is 11.6. The number of nitrogens with one attached hydrogen (secondary N) is 1. The molecule has 1 N–H and O–H groups in total. The second kappa shape index (κ2) is 6.31. The van der Waals surface area contributed by atoms with Gasteiger partial charge in [-0.05, 0) is 56.7 Å². The molecule has 0 bridgehead atoms. The van der Waals surface area contributed by atoms with Crippen LogP contribution in [-0.2, 0) is 0 Å². The molecule has 2 rings (SSSR count). The smallest absolute Gasteiger partial charge is 0.284 e. The molecule has 7 heteroatoms. The Hall–Kier alpha value is -1.48. The third-order valence-electron chi connectivity index (χ3n) is 2.54. The predicted octanol–water partition coefficient (Wildman–Crippen LogP) is 4.21. The molecular formula is C13H8BrIN2O3. The van der Waals surface area contributed by atoms with E-state index in [0.717, 1.165) is 3.57 Å². The largest absolute Gasteiger partial charge is 0.321 e. The summed E-state index contributed by atoms with van der Waals surface area (Å²) in [5, 5.41) is 13.6. The normalized spacial score (nSPS) is 10.1. The summed E-state index contributed by atoms with van der Waals surface area (Å²) < 4.78 is 1.06. The minimum Gasteiger partial charge on any atom is -0.321 e. The fraction of sp³-hybridized carbons (Fsp3) is 0. The zero-order chi connectivity index (χ0) is 14.7. The number of hydrogen-bond donors (Lipinski definition) is 1. The number of hydrogen-bond acceptors (Lipinski definition) is 3. The van der Waals surface area contributed by atoms with Gasteiger partial charge in [0.05, 0.1) is 16.2 Å². The van der Waals surface area contributed by atoms with Gasteiger partial charge in [0.2, 0.25) is 0 Å². The molecule has 0 radical (unpaired) electrons. The highest BCUT2D eigenvalue weighted by atomic mass is 127. The Balaban J connectivity index is 2.33. The van der Waals surface area contributed by atoms with Crippen LogP contribution in [0.4, 0.5) is 11.4 Å². The fourth-order valence-corrected chi connectivity index (χ4v) is 2.70. The average Bonchev–Trinajstić information content (AvgIpc) is 2.41. The average molecular weight is 447 g/mol. The Bertz CT molecular complexity index is 691. The fourth-order valence-electron chi connectivity index (χ4n) is 1.59. The molecule has 0 saturated carbocycles. The van der Waals surface area contributed by atoms with E-state index in [2.05, 4.69) is 43.8 Å². The van der Waals surface area contributed by atoms with E-state index in [-0.39, 0.29) is 15.7 Å². The van der Waals surface area contributed by atoms with E-state index in [1.54, 1.807) is 12.1 Å². The van der Waals surface area contributed by atoms with Gasteiger partial charge in [0.25, 0.3) is 11.6 Å². The van der Waals surface area contributed by atoms with Gasteiger partial charge in [-0.3, -0.25) is 14.9 Å². The van der Waals surface area contributed by atoms with Gasteiger partial charge < -0.3 is 5.32 Å². The van der Waals surface area contributed by atoms with E-state index < -0.39 is 10.8 Å². The Morgan fingerprint density at radius 1 is 1.20 bits per heavy atom. The van der Waals surface area contributed by atoms with Crippen molar-refractivity contribution >= 4 is 55.8 Å². The van der Waals surface area contributed by atoms with Gasteiger partial charge >= 0.3 is 0 Å². The molecule has 2 aromatic rings. The van der Waals surface area contributed by atoms with E-state index in [0.29, 0.717) is 5.69 Å². The lowest BCUT2D eigenvalue weighted by atomic mass is 10.2. The number of amides is 1. The summed E-state index contributed by atoms with van der Waals surface area (Å²) in [5.74, 6) is -0.398. The third-order valence-corrected chi connectivity index (χ3v) is 4.32. The number of halogens is 2. The summed E-state index contributed by atoms with van der Waals surface area (Å²) in [5.41, 5.74) is 0.746. The van der Waals surface area contributed by atoms with Gasteiger partial charge in [0, 0.05) is 9.64 Å². The maximum atomic E-state index is 12.2. The first-order valence-corrected chi connectivity index (χ1v) is 7.36. The molecule has 5 nitrogen and oxygen atoms in total. The van der Waals surface area contributed by atoms with Crippen molar-refractivity contribution in [3.8, 4) is 0 Å². The molecule has 0 atom stereocenters. The molecule has 0 aliphatic carbocycles. The van der Waals surface area contributed by atoms with Crippen molar-refractivity contribution < 1.29 is 9.72 Å². The highest BCUT2D eigenvalue weighted by Gasteiger charge is 2.19. The second-order valence-electron chi connectivity index (χ2n) is 3.83. The molecule has 1 amide bonds. The van der Waals surface area contributed by atoms with Gasteiger partial charge in [0.1, 0.15) is 4.47 Å². The maximum Gasteiger partial charge on any atom is 0.284 e. The zero-order valence-corrected chi connectivity index (χ0v) is 13.7. The van der Waals surface area contributed by atoms with Gasteiger partial charge in [-0.1, -0.05) is 18.2 Å². The number of benzene rings is 2. The first-order chi connectivity index (χ1) is 9.50. The number of nitro groups is 1. The van der Waals surface area contributed by atoms with Crippen LogP contribution < -0.4 is 5.32 Å². The van der Waals surface area contributed by atoms with E-state index in [4.69, 9.17) is 0 Å². The van der Waals surface area contributed by atoms with Gasteiger partial charge in [-0.25, -0.2) is 0 Å². The van der Waals surface area contributed by atoms with Gasteiger partial charge in [-0.2, -0.15) is 0 Å². The van der Waals surface area contributed by atoms with Crippen LogP contribution in [0.1, 0.15) is 10.4 Å². The zero-order valence-electron chi connectivity index (χ0n) is 9.97. The Morgan fingerprint density at radius 3 is 2.55 bits per heavy atom. The van der Waals surface area contributed by atoms with Crippen LogP contribution >= 0.6 is 38.5 Å². The summed E-state index contributed by atoms with van der Waals surface area (Å²) in [6.07, 6.45) is 0. The van der Waals surface area contributed by atoms with Gasteiger partial charge in [-0.15, -0.1) is 0 Å². The number of para-hydroxylation sites is 1. The number of rotatable bonds is 3. The Kier molecular flexibility index (Phi) is 4.71. The second-order valence-corrected chi connectivity index (χ2v) is 5.78. The molecule has 0 heterocycles. The van der Waals surface area contributed by atoms with Crippen LogP contribution in [-0.4, -0.2) is 10.8 Å². The molecule has 2 aromatic carbocycles. The maximum absolute atomic E-state index is 12.2. The summed E-state index contributed by atoms with van der Waals surface area (Å²) in [4.78, 5) is 22.5. The quantitative estimate of drug-likeness (QED) is 0.436. The van der Waals surface area contributed by atoms with Crippen molar-refractivity contribution in [1.29, 1.82) is 0 Å². The number of nitro benzene ring substituents is 1. The topological polar surface area (TPSA) is 72.2 Å². The number of nitrogens with zero attached hydrogens (tertiary/aromatic N) is 1. The van der Waals surface area contributed by atoms with E-state index in [9.17, 15) is 14.9 Å². The summed E-state index contributed by atoms with van der Waals surface area (Å²) in [6.45, 7) is 0. The summed E-state index contributed by atoms with van der Waals surface area (Å²) >= 11 is 5.21. The minimum absolute atomic E-state index is 0.139. The van der Waals surface area contributed by atoms with Crippen LogP contribution in [0.2, 0.25) is 0 Å². The first kappa shape index (κ1) is 14.9. The van der Waals surface area contributed by atoms with Crippen molar-refractivity contribution in [3.05, 3.63) is 66.2 Å². The van der Waals surface area contributed by atoms with Crippen LogP contribution in [0.5, 0.6) is 0 Å². The molecule has 0 unspecified atom stereocenters. The predicted molar refractivity (Wildman–Crippen MR) is 87.9 cm³/mol. The molecular weight excluding hydrogens is 439 g/mol. The molecule has 0 aliphatic heterocycles. The molecule has 0 aromatic heterocycles. The standard InChI is InChI=1S/C13H8BrIN2O3/c14-12-8(4-3-7-11(12)17(19)20)13(18)16-10-6-2-1-5-9(10)15/h1-7H,(H,16,18). The van der Waals surface area contributed by atoms with Crippen LogP contribution in [0.15, 0.2) is 46.9 Å².